The third-order valence-corrected chi connectivity index (χ3v) is 6.56. The topological polar surface area (TPSA) is 69.7 Å². The number of carbonyl (C=O) groups is 3. The van der Waals surface area contributed by atoms with Crippen LogP contribution in [0.3, 0.4) is 0 Å². The predicted molar refractivity (Wildman–Crippen MR) is 144 cm³/mol. The van der Waals surface area contributed by atoms with E-state index >= 15 is 0 Å². The Morgan fingerprint density at radius 2 is 1.75 bits per heavy atom. The smallest absolute Gasteiger partial charge is 0.258 e. The molecule has 0 fully saturated rings. The average Bonchev–Trinajstić information content (AvgIpc) is 3.09. The molecule has 0 spiro atoms. The highest BCUT2D eigenvalue weighted by Gasteiger charge is 2.31. The van der Waals surface area contributed by atoms with Crippen LogP contribution >= 0.6 is 11.6 Å². The third kappa shape index (κ3) is 5.54. The van der Waals surface area contributed by atoms with E-state index in [1.165, 1.54) is 0 Å². The molecular formula is C29H32ClN3O3. The van der Waals surface area contributed by atoms with Gasteiger partial charge in [0.25, 0.3) is 5.91 Å². The first-order valence-electron chi connectivity index (χ1n) is 12.2. The molecule has 0 saturated carbocycles. The molecule has 0 aliphatic carbocycles. The van der Waals surface area contributed by atoms with Crippen LogP contribution in [0.5, 0.6) is 0 Å². The van der Waals surface area contributed by atoms with Crippen LogP contribution in [-0.4, -0.2) is 40.7 Å². The first-order valence-corrected chi connectivity index (χ1v) is 12.6. The molecule has 3 aromatic rings. The molecule has 4 rings (SSSR count). The van der Waals surface area contributed by atoms with Crippen molar-refractivity contribution in [2.45, 2.75) is 58.7 Å². The van der Waals surface area contributed by atoms with E-state index in [1.54, 1.807) is 28.9 Å². The highest BCUT2D eigenvalue weighted by atomic mass is 35.5. The van der Waals surface area contributed by atoms with Gasteiger partial charge in [0.2, 0.25) is 11.8 Å². The van der Waals surface area contributed by atoms with Gasteiger partial charge in [-0.2, -0.15) is 0 Å². The summed E-state index contributed by atoms with van der Waals surface area (Å²) < 4.78 is 0. The van der Waals surface area contributed by atoms with Crippen molar-refractivity contribution < 1.29 is 14.4 Å². The minimum atomic E-state index is -0.665. The summed E-state index contributed by atoms with van der Waals surface area (Å²) in [6, 6.07) is 18.3. The van der Waals surface area contributed by atoms with E-state index in [9.17, 15) is 14.4 Å². The van der Waals surface area contributed by atoms with Gasteiger partial charge < -0.3 is 15.1 Å². The molecule has 0 aromatic heterocycles. The van der Waals surface area contributed by atoms with Crippen molar-refractivity contribution in [3.8, 4) is 0 Å². The van der Waals surface area contributed by atoms with Crippen LogP contribution in [0, 0.1) is 0 Å². The van der Waals surface area contributed by atoms with E-state index in [1.807, 2.05) is 69.3 Å². The second-order valence-electron chi connectivity index (χ2n) is 10.3. The molecule has 36 heavy (non-hydrogen) atoms. The summed E-state index contributed by atoms with van der Waals surface area (Å²) in [6.45, 7) is 8.16. The maximum Gasteiger partial charge on any atom is 0.258 e. The number of nitrogens with one attached hydrogen (secondary N) is 1. The van der Waals surface area contributed by atoms with E-state index < -0.39 is 11.6 Å². The van der Waals surface area contributed by atoms with Gasteiger partial charge in [0.15, 0.2) is 0 Å². The zero-order chi connectivity index (χ0) is 26.0. The van der Waals surface area contributed by atoms with E-state index in [4.69, 9.17) is 11.6 Å². The largest absolute Gasteiger partial charge is 0.350 e. The lowest BCUT2D eigenvalue weighted by atomic mass is 10.1. The van der Waals surface area contributed by atoms with Gasteiger partial charge in [0.05, 0.1) is 5.69 Å². The standard InChI is InChI=1S/C29H32ClN3O3/c1-19(27(35)31-29(2,3)4)33(18-20-9-5-12-22(30)17-20)25(34)15-8-16-32-24-14-7-11-21-10-6-13-23(26(21)24)28(32)36/h5-7,9-14,17,19H,8,15-16,18H2,1-4H3,(H,31,35). The SMILES string of the molecule is CC(C(=O)NC(C)(C)C)N(Cc1cccc(Cl)c1)C(=O)CCCN1C(=O)c2cccc3cccc1c23. The fraction of sp³-hybridized carbons (Fsp3) is 0.345. The van der Waals surface area contributed by atoms with Crippen LogP contribution < -0.4 is 10.2 Å². The molecule has 1 N–H and O–H groups in total. The lowest BCUT2D eigenvalue weighted by molar-refractivity contribution is -0.141. The Balaban J connectivity index is 1.47. The third-order valence-electron chi connectivity index (χ3n) is 6.33. The first-order chi connectivity index (χ1) is 17.0. The maximum atomic E-state index is 13.4. The highest BCUT2D eigenvalue weighted by Crippen LogP contribution is 2.37. The van der Waals surface area contributed by atoms with E-state index in [0.717, 1.165) is 22.0 Å². The molecule has 0 bridgehead atoms. The van der Waals surface area contributed by atoms with Crippen LogP contribution in [-0.2, 0) is 16.1 Å². The van der Waals surface area contributed by atoms with E-state index in [-0.39, 0.29) is 30.7 Å². The molecule has 3 amide bonds. The monoisotopic (exact) mass is 505 g/mol. The summed E-state index contributed by atoms with van der Waals surface area (Å²) in [7, 11) is 0. The molecule has 6 nitrogen and oxygen atoms in total. The molecule has 3 aromatic carbocycles. The Bertz CT molecular complexity index is 1310. The van der Waals surface area contributed by atoms with E-state index in [0.29, 0.717) is 23.6 Å². The zero-order valence-corrected chi connectivity index (χ0v) is 21.9. The van der Waals surface area contributed by atoms with Gasteiger partial charge in [0, 0.05) is 41.0 Å². The molecule has 7 heteroatoms. The summed E-state index contributed by atoms with van der Waals surface area (Å²) >= 11 is 6.16. The maximum absolute atomic E-state index is 13.4. The predicted octanol–water partition coefficient (Wildman–Crippen LogP) is 5.57. The number of halogens is 1. The lowest BCUT2D eigenvalue weighted by Crippen LogP contribution is -2.52. The minimum absolute atomic E-state index is 0.0389. The van der Waals surface area contributed by atoms with Gasteiger partial charge in [-0.15, -0.1) is 0 Å². The summed E-state index contributed by atoms with van der Waals surface area (Å²) in [5.41, 5.74) is 2.02. The average molecular weight is 506 g/mol. The number of amides is 3. The van der Waals surface area contributed by atoms with Gasteiger partial charge >= 0.3 is 0 Å². The van der Waals surface area contributed by atoms with Gasteiger partial charge in [-0.05, 0) is 69.3 Å². The minimum Gasteiger partial charge on any atom is -0.350 e. The quantitative estimate of drug-likeness (QED) is 0.435. The van der Waals surface area contributed by atoms with Crippen LogP contribution in [0.4, 0.5) is 5.69 Å². The normalized spacial score (nSPS) is 13.7. The number of nitrogens with zero attached hydrogens (tertiary/aromatic N) is 2. The van der Waals surface area contributed by atoms with Crippen molar-refractivity contribution in [3.63, 3.8) is 0 Å². The summed E-state index contributed by atoms with van der Waals surface area (Å²) in [5, 5.41) is 5.54. The van der Waals surface area contributed by atoms with Crippen molar-refractivity contribution in [3.05, 3.63) is 76.8 Å². The molecule has 1 heterocycles. The Morgan fingerprint density at radius 3 is 2.44 bits per heavy atom. The Hall–Kier alpha value is -3.38. The van der Waals surface area contributed by atoms with Crippen LogP contribution in [0.1, 0.15) is 56.5 Å². The molecule has 1 atom stereocenters. The van der Waals surface area contributed by atoms with E-state index in [2.05, 4.69) is 5.32 Å². The molecule has 1 aliphatic heterocycles. The lowest BCUT2D eigenvalue weighted by Gasteiger charge is -2.31. The number of hydrogen-bond donors (Lipinski definition) is 1. The summed E-state index contributed by atoms with van der Waals surface area (Å²) in [6.07, 6.45) is 0.693. The fourth-order valence-electron chi connectivity index (χ4n) is 4.62. The molecule has 1 aliphatic rings. The van der Waals surface area contributed by atoms with Gasteiger partial charge in [-0.1, -0.05) is 48.0 Å². The van der Waals surface area contributed by atoms with Crippen molar-refractivity contribution >= 4 is 45.8 Å². The molecule has 0 saturated heterocycles. The first kappa shape index (κ1) is 25.7. The second-order valence-corrected chi connectivity index (χ2v) is 10.7. The van der Waals surface area contributed by atoms with Crippen molar-refractivity contribution in [1.82, 2.24) is 10.2 Å². The van der Waals surface area contributed by atoms with Crippen molar-refractivity contribution in [1.29, 1.82) is 0 Å². The zero-order valence-electron chi connectivity index (χ0n) is 21.2. The number of carbonyl (C=O) groups excluding carboxylic acids is 3. The Morgan fingerprint density at radius 1 is 1.06 bits per heavy atom. The van der Waals surface area contributed by atoms with Crippen molar-refractivity contribution in [2.24, 2.45) is 0 Å². The summed E-state index contributed by atoms with van der Waals surface area (Å²) in [5.74, 6) is -0.397. The molecule has 188 valence electrons. The van der Waals surface area contributed by atoms with Crippen LogP contribution in [0.15, 0.2) is 60.7 Å². The molecular weight excluding hydrogens is 474 g/mol. The summed E-state index contributed by atoms with van der Waals surface area (Å²) in [4.78, 5) is 42.8. The van der Waals surface area contributed by atoms with Gasteiger partial charge in [-0.25, -0.2) is 0 Å². The Kier molecular flexibility index (Phi) is 7.36. The van der Waals surface area contributed by atoms with Crippen LogP contribution in [0.2, 0.25) is 5.02 Å². The number of benzene rings is 3. The Labute approximate surface area is 217 Å². The highest BCUT2D eigenvalue weighted by molar-refractivity contribution is 6.30. The fourth-order valence-corrected chi connectivity index (χ4v) is 4.83. The second kappa shape index (κ2) is 10.3. The number of hydrogen-bond acceptors (Lipinski definition) is 3. The number of anilines is 1. The molecule has 1 unspecified atom stereocenters. The van der Waals surface area contributed by atoms with Gasteiger partial charge in [0.1, 0.15) is 6.04 Å². The number of rotatable bonds is 8. The molecule has 0 radical (unpaired) electrons. The van der Waals surface area contributed by atoms with Crippen LogP contribution in [0.25, 0.3) is 10.8 Å². The van der Waals surface area contributed by atoms with Crippen molar-refractivity contribution in [2.75, 3.05) is 11.4 Å². The van der Waals surface area contributed by atoms with Gasteiger partial charge in [-0.3, -0.25) is 14.4 Å².